The minimum atomic E-state index is 0.610. The Hall–Kier alpha value is -1.30. The first kappa shape index (κ1) is 11.8. The zero-order valence-corrected chi connectivity index (χ0v) is 10.1. The molecule has 80 valence electrons. The third-order valence-electron chi connectivity index (χ3n) is 2.57. The first-order valence-electron chi connectivity index (χ1n) is 5.55. The van der Waals surface area contributed by atoms with Gasteiger partial charge in [0.1, 0.15) is 0 Å². The summed E-state index contributed by atoms with van der Waals surface area (Å²) in [6.45, 7) is 8.62. The van der Waals surface area contributed by atoms with E-state index in [9.17, 15) is 0 Å². The van der Waals surface area contributed by atoms with Crippen LogP contribution in [0.25, 0.3) is 5.57 Å². The summed E-state index contributed by atoms with van der Waals surface area (Å²) in [5, 5.41) is 0. The van der Waals surface area contributed by atoms with Gasteiger partial charge >= 0.3 is 0 Å². The van der Waals surface area contributed by atoms with Gasteiger partial charge in [-0.1, -0.05) is 56.3 Å². The van der Waals surface area contributed by atoms with Crippen LogP contribution in [0, 0.1) is 0 Å². The van der Waals surface area contributed by atoms with E-state index < -0.39 is 0 Å². The van der Waals surface area contributed by atoms with Crippen molar-refractivity contribution in [3.8, 4) is 0 Å². The minimum Gasteiger partial charge on any atom is -0.0877 e. The first-order chi connectivity index (χ1) is 7.15. The molecule has 0 heterocycles. The zero-order valence-electron chi connectivity index (χ0n) is 10.1. The van der Waals surface area contributed by atoms with Gasteiger partial charge in [0, 0.05) is 0 Å². The number of benzene rings is 1. The van der Waals surface area contributed by atoms with Gasteiger partial charge in [0.25, 0.3) is 0 Å². The van der Waals surface area contributed by atoms with Crippen LogP contribution >= 0.6 is 0 Å². The lowest BCUT2D eigenvalue weighted by molar-refractivity contribution is 0.866. The number of hydrogen-bond acceptors (Lipinski definition) is 0. The molecule has 0 amide bonds. The van der Waals surface area contributed by atoms with Gasteiger partial charge in [-0.05, 0) is 36.5 Å². The molecule has 1 aromatic carbocycles. The standard InChI is InChI=1S/C15H20/c1-5-6-7-13(4)15-10-8-14(9-11-15)12(2)3/h5-12H,1-4H3/b6-5-,13-7+. The van der Waals surface area contributed by atoms with Crippen molar-refractivity contribution in [3.63, 3.8) is 0 Å². The van der Waals surface area contributed by atoms with E-state index in [2.05, 4.69) is 57.2 Å². The summed E-state index contributed by atoms with van der Waals surface area (Å²) in [6.07, 6.45) is 6.27. The molecule has 0 aliphatic carbocycles. The molecule has 0 aliphatic heterocycles. The molecule has 0 fully saturated rings. The van der Waals surface area contributed by atoms with E-state index in [1.807, 2.05) is 13.0 Å². The Morgan fingerprint density at radius 2 is 1.73 bits per heavy atom. The SMILES string of the molecule is C/C=C\C=C(/C)c1ccc(C(C)C)cc1. The van der Waals surface area contributed by atoms with Crippen molar-refractivity contribution in [3.05, 3.63) is 53.6 Å². The zero-order chi connectivity index (χ0) is 11.3. The second kappa shape index (κ2) is 5.55. The molecular formula is C15H20. The Morgan fingerprint density at radius 3 is 2.20 bits per heavy atom. The van der Waals surface area contributed by atoms with Gasteiger partial charge in [0.05, 0.1) is 0 Å². The third kappa shape index (κ3) is 3.39. The van der Waals surface area contributed by atoms with Crippen molar-refractivity contribution >= 4 is 5.57 Å². The van der Waals surface area contributed by atoms with Crippen molar-refractivity contribution in [2.24, 2.45) is 0 Å². The maximum absolute atomic E-state index is 2.22. The number of rotatable bonds is 3. The van der Waals surface area contributed by atoms with E-state index in [-0.39, 0.29) is 0 Å². The highest BCUT2D eigenvalue weighted by atomic mass is 14.0. The molecule has 0 nitrogen and oxygen atoms in total. The molecule has 0 aromatic heterocycles. The van der Waals surface area contributed by atoms with Crippen molar-refractivity contribution in [2.75, 3.05) is 0 Å². The smallest absolute Gasteiger partial charge is 0.0219 e. The average Bonchev–Trinajstić information content (AvgIpc) is 2.26. The van der Waals surface area contributed by atoms with Crippen molar-refractivity contribution in [1.29, 1.82) is 0 Å². The van der Waals surface area contributed by atoms with E-state index in [1.54, 1.807) is 0 Å². The molecule has 0 spiro atoms. The quantitative estimate of drug-likeness (QED) is 0.615. The molecule has 0 unspecified atom stereocenters. The lowest BCUT2D eigenvalue weighted by Crippen LogP contribution is -1.87. The van der Waals surface area contributed by atoms with Crippen LogP contribution in [-0.4, -0.2) is 0 Å². The van der Waals surface area contributed by atoms with Crippen LogP contribution in [0.15, 0.2) is 42.5 Å². The molecule has 1 aromatic rings. The van der Waals surface area contributed by atoms with Gasteiger partial charge in [0.15, 0.2) is 0 Å². The molecule has 0 aliphatic rings. The molecule has 0 saturated carbocycles. The second-order valence-electron chi connectivity index (χ2n) is 4.15. The fraction of sp³-hybridized carbons (Fsp3) is 0.333. The Kier molecular flexibility index (Phi) is 4.36. The van der Waals surface area contributed by atoms with E-state index in [4.69, 9.17) is 0 Å². The molecule has 0 radical (unpaired) electrons. The monoisotopic (exact) mass is 200 g/mol. The second-order valence-corrected chi connectivity index (χ2v) is 4.15. The summed E-state index contributed by atoms with van der Waals surface area (Å²) in [4.78, 5) is 0. The average molecular weight is 200 g/mol. The minimum absolute atomic E-state index is 0.610. The summed E-state index contributed by atoms with van der Waals surface area (Å²) >= 11 is 0. The summed E-state index contributed by atoms with van der Waals surface area (Å²) in [7, 11) is 0. The summed E-state index contributed by atoms with van der Waals surface area (Å²) in [5.41, 5.74) is 4.01. The lowest BCUT2D eigenvalue weighted by atomic mass is 9.99. The van der Waals surface area contributed by atoms with Crippen LogP contribution in [0.2, 0.25) is 0 Å². The molecule has 15 heavy (non-hydrogen) atoms. The van der Waals surface area contributed by atoms with E-state index >= 15 is 0 Å². The Balaban J connectivity index is 2.89. The van der Waals surface area contributed by atoms with Gasteiger partial charge in [-0.25, -0.2) is 0 Å². The lowest BCUT2D eigenvalue weighted by Gasteiger charge is -2.06. The summed E-state index contributed by atoms with van der Waals surface area (Å²) in [5.74, 6) is 0.610. The van der Waals surface area contributed by atoms with E-state index in [1.165, 1.54) is 16.7 Å². The van der Waals surface area contributed by atoms with Crippen LogP contribution in [0.1, 0.15) is 44.7 Å². The number of hydrogen-bond donors (Lipinski definition) is 0. The normalized spacial score (nSPS) is 12.7. The molecule has 0 heteroatoms. The predicted octanol–water partition coefficient (Wildman–Crippen LogP) is 4.79. The Bertz CT molecular complexity index is 350. The van der Waals surface area contributed by atoms with Gasteiger partial charge in [0.2, 0.25) is 0 Å². The highest BCUT2D eigenvalue weighted by molar-refractivity contribution is 5.65. The van der Waals surface area contributed by atoms with Gasteiger partial charge < -0.3 is 0 Å². The largest absolute Gasteiger partial charge is 0.0877 e. The van der Waals surface area contributed by atoms with Crippen LogP contribution in [0.3, 0.4) is 0 Å². The third-order valence-corrected chi connectivity index (χ3v) is 2.57. The number of allylic oxidation sites excluding steroid dienone is 4. The highest BCUT2D eigenvalue weighted by Gasteiger charge is 1.99. The fourth-order valence-electron chi connectivity index (χ4n) is 1.47. The van der Waals surface area contributed by atoms with Crippen molar-refractivity contribution in [2.45, 2.75) is 33.6 Å². The topological polar surface area (TPSA) is 0 Å². The molecule has 0 bridgehead atoms. The van der Waals surface area contributed by atoms with Gasteiger partial charge in [-0.15, -0.1) is 0 Å². The van der Waals surface area contributed by atoms with Crippen molar-refractivity contribution in [1.82, 2.24) is 0 Å². The van der Waals surface area contributed by atoms with Crippen molar-refractivity contribution < 1.29 is 0 Å². The Morgan fingerprint density at radius 1 is 1.13 bits per heavy atom. The van der Waals surface area contributed by atoms with Crippen LogP contribution in [0.5, 0.6) is 0 Å². The molecule has 1 rings (SSSR count). The van der Waals surface area contributed by atoms with Crippen LogP contribution in [0.4, 0.5) is 0 Å². The van der Waals surface area contributed by atoms with Gasteiger partial charge in [-0.2, -0.15) is 0 Å². The van der Waals surface area contributed by atoms with Gasteiger partial charge in [-0.3, -0.25) is 0 Å². The highest BCUT2D eigenvalue weighted by Crippen LogP contribution is 2.19. The maximum atomic E-state index is 2.22. The van der Waals surface area contributed by atoms with Crippen LogP contribution < -0.4 is 0 Å². The van der Waals surface area contributed by atoms with E-state index in [0.29, 0.717) is 5.92 Å². The summed E-state index contributed by atoms with van der Waals surface area (Å²) < 4.78 is 0. The molecular weight excluding hydrogens is 180 g/mol. The maximum Gasteiger partial charge on any atom is -0.0219 e. The Labute approximate surface area is 93.3 Å². The fourth-order valence-corrected chi connectivity index (χ4v) is 1.47. The molecule has 0 atom stereocenters. The van der Waals surface area contributed by atoms with E-state index in [0.717, 1.165) is 0 Å². The molecule has 0 saturated heterocycles. The predicted molar refractivity (Wildman–Crippen MR) is 69.0 cm³/mol. The van der Waals surface area contributed by atoms with Crippen LogP contribution in [-0.2, 0) is 0 Å². The first-order valence-corrected chi connectivity index (χ1v) is 5.55. The summed E-state index contributed by atoms with van der Waals surface area (Å²) in [6, 6.07) is 8.83. The molecule has 0 N–H and O–H groups in total.